The number of unbranched alkanes of at least 4 members (excludes halogenated alkanes) is 16. The second kappa shape index (κ2) is 26.9. The van der Waals surface area contributed by atoms with E-state index in [-0.39, 0.29) is 41.9 Å². The first kappa shape index (κ1) is 32.5. The maximum atomic E-state index is 9.71. The van der Waals surface area contributed by atoms with E-state index in [0.29, 0.717) is 0 Å². The van der Waals surface area contributed by atoms with Crippen molar-refractivity contribution in [3.8, 4) is 0 Å². The van der Waals surface area contributed by atoms with Crippen LogP contribution in [0, 0.1) is 6.92 Å². The van der Waals surface area contributed by atoms with Gasteiger partial charge in [0, 0.05) is 6.54 Å². The molecule has 0 saturated carbocycles. The Hall–Kier alpha value is 0.870. The Morgan fingerprint density at radius 1 is 0.704 bits per heavy atom. The van der Waals surface area contributed by atoms with Crippen LogP contribution in [0.4, 0.5) is 0 Å². The van der Waals surface area contributed by atoms with Crippen molar-refractivity contribution in [2.24, 2.45) is 5.73 Å². The summed E-state index contributed by atoms with van der Waals surface area (Å²) in [5.41, 5.74) is 4.78. The molecule has 0 rings (SSSR count). The zero-order valence-corrected chi connectivity index (χ0v) is 21.2. The Morgan fingerprint density at radius 2 is 1.00 bits per heavy atom. The SMILES string of the molecule is NCCS(=O)(=O)O.[CH2-]CCCCCCCCCCCCCCCCCC.[Na+]. The van der Waals surface area contributed by atoms with Gasteiger partial charge in [-0.15, -0.1) is 0 Å². The number of nitrogens with two attached hydrogens (primary N) is 1. The van der Waals surface area contributed by atoms with Crippen LogP contribution in [0.2, 0.25) is 0 Å². The Labute approximate surface area is 192 Å². The van der Waals surface area contributed by atoms with Crippen LogP contribution < -0.4 is 35.3 Å². The molecule has 0 aliphatic rings. The minimum Gasteiger partial charge on any atom is -0.343 e. The second-order valence-corrected chi connectivity index (χ2v) is 8.80. The predicted molar refractivity (Wildman–Crippen MR) is 115 cm³/mol. The van der Waals surface area contributed by atoms with Gasteiger partial charge in [0.2, 0.25) is 0 Å². The summed E-state index contributed by atoms with van der Waals surface area (Å²) in [5.74, 6) is -0.354. The van der Waals surface area contributed by atoms with E-state index in [1.807, 2.05) is 0 Å². The summed E-state index contributed by atoms with van der Waals surface area (Å²) >= 11 is 0. The van der Waals surface area contributed by atoms with Crippen molar-refractivity contribution in [3.05, 3.63) is 6.92 Å². The van der Waals surface area contributed by atoms with Gasteiger partial charge in [-0.25, -0.2) is 0 Å². The van der Waals surface area contributed by atoms with E-state index < -0.39 is 10.1 Å². The molecule has 0 aromatic carbocycles. The Balaban J connectivity index is -0.000000612. The normalized spacial score (nSPS) is 10.8. The molecule has 0 aliphatic heterocycles. The molecule has 0 radical (unpaired) electrons. The van der Waals surface area contributed by atoms with Crippen molar-refractivity contribution in [2.45, 2.75) is 116 Å². The predicted octanol–water partition coefficient (Wildman–Crippen LogP) is 3.31. The first-order valence-electron chi connectivity index (χ1n) is 10.9. The van der Waals surface area contributed by atoms with Crippen LogP contribution in [0.15, 0.2) is 0 Å². The van der Waals surface area contributed by atoms with E-state index in [9.17, 15) is 8.42 Å². The van der Waals surface area contributed by atoms with Crippen LogP contribution in [-0.2, 0) is 10.1 Å². The summed E-state index contributed by atoms with van der Waals surface area (Å²) in [6.45, 7) is 6.15. The minimum atomic E-state index is -3.80. The van der Waals surface area contributed by atoms with Crippen LogP contribution in [-0.4, -0.2) is 25.3 Å². The average molecular weight is 416 g/mol. The molecule has 4 nitrogen and oxygen atoms in total. The molecule has 0 aromatic heterocycles. The van der Waals surface area contributed by atoms with Gasteiger partial charge in [0.15, 0.2) is 0 Å². The van der Waals surface area contributed by atoms with Crippen molar-refractivity contribution >= 4 is 10.1 Å². The zero-order valence-electron chi connectivity index (χ0n) is 18.4. The van der Waals surface area contributed by atoms with E-state index in [1.165, 1.54) is 103 Å². The van der Waals surface area contributed by atoms with Crippen molar-refractivity contribution < 1.29 is 42.5 Å². The van der Waals surface area contributed by atoms with Gasteiger partial charge in [-0.2, -0.15) is 14.8 Å². The van der Waals surface area contributed by atoms with Crippen molar-refractivity contribution in [1.29, 1.82) is 0 Å². The fourth-order valence-corrected chi connectivity index (χ4v) is 3.17. The fraction of sp³-hybridized carbons (Fsp3) is 0.952. The maximum absolute atomic E-state index is 9.71. The van der Waals surface area contributed by atoms with E-state index >= 15 is 0 Å². The summed E-state index contributed by atoms with van der Waals surface area (Å²) < 4.78 is 27.3. The first-order chi connectivity index (χ1) is 12.5. The smallest absolute Gasteiger partial charge is 0.343 e. The third kappa shape index (κ3) is 38.2. The van der Waals surface area contributed by atoms with Gasteiger partial charge in [0.05, 0.1) is 5.75 Å². The third-order valence-corrected chi connectivity index (χ3v) is 5.23. The van der Waals surface area contributed by atoms with Gasteiger partial charge < -0.3 is 12.7 Å². The summed E-state index contributed by atoms with van der Waals surface area (Å²) in [4.78, 5) is 0. The second-order valence-electron chi connectivity index (χ2n) is 7.23. The summed E-state index contributed by atoms with van der Waals surface area (Å²) in [6.07, 6.45) is 24.3. The molecule has 6 heteroatoms. The third-order valence-electron chi connectivity index (χ3n) is 4.48. The molecule has 0 amide bonds. The molecule has 0 fully saturated rings. The molecule has 0 bridgehead atoms. The Kier molecular flexibility index (Phi) is 32.4. The number of hydrogen-bond donors (Lipinski definition) is 2. The largest absolute Gasteiger partial charge is 1.00 e. The average Bonchev–Trinajstić information content (AvgIpc) is 2.58. The van der Waals surface area contributed by atoms with Gasteiger partial charge in [-0.05, 0) is 0 Å². The monoisotopic (exact) mass is 415 g/mol. The van der Waals surface area contributed by atoms with Crippen LogP contribution in [0.5, 0.6) is 0 Å². The summed E-state index contributed by atoms with van der Waals surface area (Å²) in [7, 11) is -3.80. The number of hydrogen-bond acceptors (Lipinski definition) is 3. The summed E-state index contributed by atoms with van der Waals surface area (Å²) in [5, 5.41) is 0. The van der Waals surface area contributed by atoms with Gasteiger partial charge in [-0.1, -0.05) is 110 Å². The van der Waals surface area contributed by atoms with Crippen molar-refractivity contribution in [1.82, 2.24) is 0 Å². The Bertz CT molecular complexity index is 335. The van der Waals surface area contributed by atoms with Crippen LogP contribution >= 0.6 is 0 Å². The van der Waals surface area contributed by atoms with E-state index in [2.05, 4.69) is 13.8 Å². The minimum absolute atomic E-state index is 0. The van der Waals surface area contributed by atoms with Crippen LogP contribution in [0.25, 0.3) is 0 Å². The van der Waals surface area contributed by atoms with Crippen LogP contribution in [0.3, 0.4) is 0 Å². The van der Waals surface area contributed by atoms with Crippen molar-refractivity contribution in [2.75, 3.05) is 12.3 Å². The molecule has 0 unspecified atom stereocenters. The molecule has 0 atom stereocenters. The maximum Gasteiger partial charge on any atom is 1.00 e. The van der Waals surface area contributed by atoms with Gasteiger partial charge >= 0.3 is 29.6 Å². The first-order valence-corrected chi connectivity index (χ1v) is 12.5. The van der Waals surface area contributed by atoms with E-state index in [1.54, 1.807) is 0 Å². The van der Waals surface area contributed by atoms with E-state index in [4.69, 9.17) is 10.3 Å². The molecule has 3 N–H and O–H groups in total. The topological polar surface area (TPSA) is 80.4 Å². The molecule has 0 heterocycles. The standard InChI is InChI=1S/C19H39.C2H7NO3S.Na/c1-3-5-7-9-11-13-15-17-19-18-16-14-12-10-8-6-4-2;3-1-2-7(4,5)6;/h1,3-19H2,2H3;1-3H2,(H,4,5,6);/q-1;;+1. The van der Waals surface area contributed by atoms with Gasteiger partial charge in [0.25, 0.3) is 10.1 Å². The molecular formula is C21H46NNaO3S. The summed E-state index contributed by atoms with van der Waals surface area (Å²) in [6, 6.07) is 0. The molecule has 160 valence electrons. The molecular weight excluding hydrogens is 369 g/mol. The zero-order chi connectivity index (χ0) is 19.9. The molecule has 0 saturated heterocycles. The van der Waals surface area contributed by atoms with Crippen molar-refractivity contribution in [3.63, 3.8) is 0 Å². The van der Waals surface area contributed by atoms with Gasteiger partial charge in [0.1, 0.15) is 0 Å². The molecule has 0 spiro atoms. The van der Waals surface area contributed by atoms with E-state index in [0.717, 1.165) is 6.42 Å². The van der Waals surface area contributed by atoms with Crippen LogP contribution in [0.1, 0.15) is 116 Å². The quantitative estimate of drug-likeness (QED) is 0.156. The molecule has 0 aromatic rings. The fourth-order valence-electron chi connectivity index (χ4n) is 2.87. The molecule has 0 aliphatic carbocycles. The molecule has 27 heavy (non-hydrogen) atoms. The van der Waals surface area contributed by atoms with Gasteiger partial charge in [-0.3, -0.25) is 4.55 Å². The Morgan fingerprint density at radius 3 is 1.19 bits per heavy atom. The number of rotatable bonds is 18.